The van der Waals surface area contributed by atoms with E-state index in [1.54, 1.807) is 23.5 Å². The van der Waals surface area contributed by atoms with Gasteiger partial charge in [0.25, 0.3) is 0 Å². The van der Waals surface area contributed by atoms with Crippen molar-refractivity contribution in [3.8, 4) is 0 Å². The van der Waals surface area contributed by atoms with Crippen LogP contribution in [0.1, 0.15) is 26.0 Å². The zero-order valence-electron chi connectivity index (χ0n) is 12.1. The van der Waals surface area contributed by atoms with Gasteiger partial charge in [0.1, 0.15) is 0 Å². The van der Waals surface area contributed by atoms with Crippen LogP contribution in [0, 0.1) is 0 Å². The summed E-state index contributed by atoms with van der Waals surface area (Å²) in [5, 5.41) is 10.8. The normalized spacial score (nSPS) is 12.4. The predicted molar refractivity (Wildman–Crippen MR) is 93.3 cm³/mol. The maximum atomic E-state index is 6.01. The van der Waals surface area contributed by atoms with Gasteiger partial charge in [-0.05, 0) is 38.1 Å². The van der Waals surface area contributed by atoms with Crippen LogP contribution in [0.3, 0.4) is 0 Å². The number of aromatic nitrogens is 1. The van der Waals surface area contributed by atoms with E-state index < -0.39 is 0 Å². The Kier molecular flexibility index (Phi) is 6.30. The van der Waals surface area contributed by atoms with Crippen molar-refractivity contribution in [3.63, 3.8) is 0 Å². The van der Waals surface area contributed by atoms with Crippen molar-refractivity contribution in [2.75, 3.05) is 11.9 Å². The van der Waals surface area contributed by atoms with Crippen LogP contribution in [0.2, 0.25) is 10.0 Å². The Bertz CT molecular complexity index is 586. The molecule has 0 bridgehead atoms. The summed E-state index contributed by atoms with van der Waals surface area (Å²) in [6.07, 6.45) is 2.07. The second kappa shape index (κ2) is 7.99. The van der Waals surface area contributed by atoms with Crippen molar-refractivity contribution in [2.45, 2.75) is 32.7 Å². The number of rotatable bonds is 7. The molecular weight excluding hydrogens is 325 g/mol. The molecule has 1 aromatic carbocycles. The number of hydrogen-bond donors (Lipinski definition) is 2. The summed E-state index contributed by atoms with van der Waals surface area (Å²) in [7, 11) is 0. The van der Waals surface area contributed by atoms with E-state index in [-0.39, 0.29) is 0 Å². The monoisotopic (exact) mass is 343 g/mol. The number of benzene rings is 1. The molecule has 1 unspecified atom stereocenters. The third kappa shape index (κ3) is 5.15. The highest BCUT2D eigenvalue weighted by Gasteiger charge is 2.07. The molecule has 2 N–H and O–H groups in total. The summed E-state index contributed by atoms with van der Waals surface area (Å²) in [5.41, 5.74) is 1.99. The molecule has 0 saturated heterocycles. The molecule has 21 heavy (non-hydrogen) atoms. The third-order valence-electron chi connectivity index (χ3n) is 2.98. The smallest absolute Gasteiger partial charge is 0.187 e. The quantitative estimate of drug-likeness (QED) is 0.732. The fourth-order valence-electron chi connectivity index (χ4n) is 1.93. The molecule has 0 radical (unpaired) electrons. The summed E-state index contributed by atoms with van der Waals surface area (Å²) >= 11 is 13.5. The highest BCUT2D eigenvalue weighted by molar-refractivity contribution is 7.13. The first-order valence-corrected chi connectivity index (χ1v) is 8.62. The molecule has 0 spiro atoms. The van der Waals surface area contributed by atoms with Gasteiger partial charge in [0.2, 0.25) is 0 Å². The molecule has 0 fully saturated rings. The van der Waals surface area contributed by atoms with Crippen LogP contribution in [0.15, 0.2) is 23.6 Å². The van der Waals surface area contributed by atoms with Gasteiger partial charge in [0.15, 0.2) is 5.13 Å². The molecule has 1 heterocycles. The maximum absolute atomic E-state index is 6.01. The van der Waals surface area contributed by atoms with Gasteiger partial charge in [0, 0.05) is 23.5 Å². The van der Waals surface area contributed by atoms with Crippen molar-refractivity contribution >= 4 is 45.4 Å². The standard InChI is InChI=1S/C15H19Cl2N3S/c1-3-6-18-10(2)7-12-9-21-15(20-12)19-11-4-5-13(16)14(17)8-11/h4-5,8-10,18H,3,6-7H2,1-2H3,(H,19,20). The Hall–Kier alpha value is -0.810. The van der Waals surface area contributed by atoms with Crippen LogP contribution in [-0.2, 0) is 6.42 Å². The molecule has 2 rings (SSSR count). The van der Waals surface area contributed by atoms with Crippen molar-refractivity contribution in [2.24, 2.45) is 0 Å². The Morgan fingerprint density at radius 1 is 1.29 bits per heavy atom. The average Bonchev–Trinajstić information content (AvgIpc) is 2.88. The lowest BCUT2D eigenvalue weighted by Crippen LogP contribution is -2.28. The van der Waals surface area contributed by atoms with Crippen LogP contribution in [0.25, 0.3) is 0 Å². The number of halogens is 2. The minimum absolute atomic E-state index is 0.435. The van der Waals surface area contributed by atoms with E-state index in [2.05, 4.69) is 34.8 Å². The fourth-order valence-corrected chi connectivity index (χ4v) is 2.97. The van der Waals surface area contributed by atoms with E-state index in [1.807, 2.05) is 6.07 Å². The van der Waals surface area contributed by atoms with Gasteiger partial charge in [-0.15, -0.1) is 11.3 Å². The van der Waals surface area contributed by atoms with Crippen molar-refractivity contribution < 1.29 is 0 Å². The van der Waals surface area contributed by atoms with E-state index in [0.717, 1.165) is 35.9 Å². The third-order valence-corrected chi connectivity index (χ3v) is 4.53. The molecule has 1 atom stereocenters. The van der Waals surface area contributed by atoms with Gasteiger partial charge in [-0.1, -0.05) is 30.1 Å². The molecular formula is C15H19Cl2N3S. The molecule has 0 aliphatic carbocycles. The fraction of sp³-hybridized carbons (Fsp3) is 0.400. The van der Waals surface area contributed by atoms with Gasteiger partial charge < -0.3 is 10.6 Å². The molecule has 0 saturated carbocycles. The highest BCUT2D eigenvalue weighted by Crippen LogP contribution is 2.28. The first-order valence-electron chi connectivity index (χ1n) is 6.98. The SMILES string of the molecule is CCCNC(C)Cc1csc(Nc2ccc(Cl)c(Cl)c2)n1. The minimum atomic E-state index is 0.435. The molecule has 6 heteroatoms. The number of nitrogens with zero attached hydrogens (tertiary/aromatic N) is 1. The number of hydrogen-bond acceptors (Lipinski definition) is 4. The van der Waals surface area contributed by atoms with Crippen LogP contribution in [0.4, 0.5) is 10.8 Å². The predicted octanol–water partition coefficient (Wildman–Crippen LogP) is 5.12. The van der Waals surface area contributed by atoms with Crippen molar-refractivity contribution in [3.05, 3.63) is 39.3 Å². The highest BCUT2D eigenvalue weighted by atomic mass is 35.5. The Balaban J connectivity index is 1.94. The van der Waals surface area contributed by atoms with Crippen LogP contribution < -0.4 is 10.6 Å². The molecule has 2 aromatic rings. The van der Waals surface area contributed by atoms with E-state index in [1.165, 1.54) is 0 Å². The zero-order valence-corrected chi connectivity index (χ0v) is 14.4. The minimum Gasteiger partial charge on any atom is -0.331 e. The second-order valence-electron chi connectivity index (χ2n) is 4.96. The Morgan fingerprint density at radius 2 is 2.10 bits per heavy atom. The first-order chi connectivity index (χ1) is 10.1. The average molecular weight is 344 g/mol. The molecule has 3 nitrogen and oxygen atoms in total. The largest absolute Gasteiger partial charge is 0.331 e. The van der Waals surface area contributed by atoms with E-state index in [4.69, 9.17) is 23.2 Å². The van der Waals surface area contributed by atoms with Gasteiger partial charge in [-0.25, -0.2) is 4.98 Å². The number of nitrogens with one attached hydrogen (secondary N) is 2. The van der Waals surface area contributed by atoms with Crippen molar-refractivity contribution in [1.29, 1.82) is 0 Å². The molecule has 0 aliphatic heterocycles. The van der Waals surface area contributed by atoms with Crippen LogP contribution in [0.5, 0.6) is 0 Å². The topological polar surface area (TPSA) is 37.0 Å². The number of thiazole rings is 1. The first kappa shape index (κ1) is 16.6. The van der Waals surface area contributed by atoms with Gasteiger partial charge >= 0.3 is 0 Å². The molecule has 0 amide bonds. The number of anilines is 2. The Morgan fingerprint density at radius 3 is 2.81 bits per heavy atom. The lowest BCUT2D eigenvalue weighted by molar-refractivity contribution is 0.540. The molecule has 1 aromatic heterocycles. The Labute approximate surface area is 139 Å². The lowest BCUT2D eigenvalue weighted by atomic mass is 10.2. The van der Waals surface area contributed by atoms with E-state index >= 15 is 0 Å². The van der Waals surface area contributed by atoms with Gasteiger partial charge in [-0.2, -0.15) is 0 Å². The summed E-state index contributed by atoms with van der Waals surface area (Å²) < 4.78 is 0. The van der Waals surface area contributed by atoms with Crippen LogP contribution >= 0.6 is 34.5 Å². The van der Waals surface area contributed by atoms with E-state index in [9.17, 15) is 0 Å². The lowest BCUT2D eigenvalue weighted by Gasteiger charge is -2.11. The van der Waals surface area contributed by atoms with Gasteiger partial charge in [0.05, 0.1) is 15.7 Å². The van der Waals surface area contributed by atoms with Crippen LogP contribution in [-0.4, -0.2) is 17.6 Å². The summed E-state index contributed by atoms with van der Waals surface area (Å²) in [5.74, 6) is 0. The summed E-state index contributed by atoms with van der Waals surface area (Å²) in [6.45, 7) is 5.39. The molecule has 0 aliphatic rings. The molecule has 114 valence electrons. The summed E-state index contributed by atoms with van der Waals surface area (Å²) in [6, 6.07) is 5.90. The van der Waals surface area contributed by atoms with Crippen molar-refractivity contribution in [1.82, 2.24) is 10.3 Å². The van der Waals surface area contributed by atoms with E-state index in [0.29, 0.717) is 16.1 Å². The maximum Gasteiger partial charge on any atom is 0.187 e. The summed E-state index contributed by atoms with van der Waals surface area (Å²) in [4.78, 5) is 4.60. The zero-order chi connectivity index (χ0) is 15.2. The second-order valence-corrected chi connectivity index (χ2v) is 6.63. The van der Waals surface area contributed by atoms with Gasteiger partial charge in [-0.3, -0.25) is 0 Å².